The fourth-order valence-electron chi connectivity index (χ4n) is 2.14. The van der Waals surface area contributed by atoms with Crippen molar-refractivity contribution in [1.82, 2.24) is 10.3 Å². The number of rotatable bonds is 5. The van der Waals surface area contributed by atoms with Crippen LogP contribution < -0.4 is 5.32 Å². The SMILES string of the molecule is CC1(CNC(=O)c2ccc(/C=C/C(=O)O)cn2)CCCO1. The molecule has 1 aromatic heterocycles. The molecule has 6 heteroatoms. The Hall–Kier alpha value is -2.21. The third kappa shape index (κ3) is 4.39. The molecule has 2 N–H and O–H groups in total. The Labute approximate surface area is 122 Å². The van der Waals surface area contributed by atoms with Crippen molar-refractivity contribution < 1.29 is 19.4 Å². The maximum atomic E-state index is 12.0. The molecule has 1 atom stereocenters. The summed E-state index contributed by atoms with van der Waals surface area (Å²) < 4.78 is 5.60. The molecule has 1 unspecified atom stereocenters. The highest BCUT2D eigenvalue weighted by molar-refractivity contribution is 5.92. The highest BCUT2D eigenvalue weighted by Crippen LogP contribution is 2.23. The topological polar surface area (TPSA) is 88.5 Å². The predicted molar refractivity (Wildman–Crippen MR) is 76.8 cm³/mol. The van der Waals surface area contributed by atoms with Crippen molar-refractivity contribution in [3.63, 3.8) is 0 Å². The van der Waals surface area contributed by atoms with E-state index in [0.29, 0.717) is 17.8 Å². The number of aromatic nitrogens is 1. The molecule has 0 bridgehead atoms. The Bertz CT molecular complexity index is 545. The monoisotopic (exact) mass is 290 g/mol. The zero-order chi connectivity index (χ0) is 15.3. The molecule has 2 rings (SSSR count). The molecule has 0 aromatic carbocycles. The summed E-state index contributed by atoms with van der Waals surface area (Å²) in [6, 6.07) is 3.21. The van der Waals surface area contributed by atoms with Gasteiger partial charge in [-0.15, -0.1) is 0 Å². The highest BCUT2D eigenvalue weighted by Gasteiger charge is 2.30. The Morgan fingerprint density at radius 1 is 1.52 bits per heavy atom. The molecular formula is C15H18N2O4. The van der Waals surface area contributed by atoms with Crippen LogP contribution in [0.5, 0.6) is 0 Å². The second kappa shape index (κ2) is 6.49. The van der Waals surface area contributed by atoms with Gasteiger partial charge in [0.05, 0.1) is 5.60 Å². The van der Waals surface area contributed by atoms with Gasteiger partial charge in [0.25, 0.3) is 5.91 Å². The molecule has 0 aliphatic carbocycles. The summed E-state index contributed by atoms with van der Waals surface area (Å²) in [6.45, 7) is 3.16. The fraction of sp³-hybridized carbons (Fsp3) is 0.400. The number of aliphatic carboxylic acids is 1. The third-order valence-corrected chi connectivity index (χ3v) is 3.36. The van der Waals surface area contributed by atoms with Gasteiger partial charge in [-0.3, -0.25) is 9.78 Å². The van der Waals surface area contributed by atoms with E-state index >= 15 is 0 Å². The van der Waals surface area contributed by atoms with Crippen molar-refractivity contribution in [3.05, 3.63) is 35.7 Å². The van der Waals surface area contributed by atoms with E-state index in [0.717, 1.165) is 25.5 Å². The smallest absolute Gasteiger partial charge is 0.328 e. The van der Waals surface area contributed by atoms with E-state index in [4.69, 9.17) is 9.84 Å². The number of hydrogen-bond donors (Lipinski definition) is 2. The van der Waals surface area contributed by atoms with Crippen LogP contribution in [0.2, 0.25) is 0 Å². The molecule has 1 fully saturated rings. The summed E-state index contributed by atoms with van der Waals surface area (Å²) in [5, 5.41) is 11.3. The Morgan fingerprint density at radius 3 is 2.90 bits per heavy atom. The van der Waals surface area contributed by atoms with Gasteiger partial charge in [0.2, 0.25) is 0 Å². The minimum absolute atomic E-state index is 0.263. The van der Waals surface area contributed by atoms with Gasteiger partial charge in [-0.2, -0.15) is 0 Å². The number of carbonyl (C=O) groups is 2. The molecule has 1 amide bonds. The van der Waals surface area contributed by atoms with Gasteiger partial charge in [0.1, 0.15) is 5.69 Å². The average molecular weight is 290 g/mol. The van der Waals surface area contributed by atoms with Crippen LogP contribution in [0.1, 0.15) is 35.8 Å². The number of carboxylic acid groups (broad SMARTS) is 1. The maximum absolute atomic E-state index is 12.0. The molecule has 21 heavy (non-hydrogen) atoms. The third-order valence-electron chi connectivity index (χ3n) is 3.36. The molecule has 0 spiro atoms. The van der Waals surface area contributed by atoms with E-state index < -0.39 is 5.97 Å². The van der Waals surface area contributed by atoms with Crippen LogP contribution in [0.25, 0.3) is 6.08 Å². The van der Waals surface area contributed by atoms with Crippen LogP contribution in [0.4, 0.5) is 0 Å². The lowest BCUT2D eigenvalue weighted by atomic mass is 10.0. The number of amides is 1. The Balaban J connectivity index is 1.92. The summed E-state index contributed by atoms with van der Waals surface area (Å²) in [4.78, 5) is 26.4. The Morgan fingerprint density at radius 2 is 2.33 bits per heavy atom. The first-order valence-corrected chi connectivity index (χ1v) is 6.78. The van der Waals surface area contributed by atoms with Crippen molar-refractivity contribution in [3.8, 4) is 0 Å². The maximum Gasteiger partial charge on any atom is 0.328 e. The van der Waals surface area contributed by atoms with Gasteiger partial charge in [-0.25, -0.2) is 4.79 Å². The van der Waals surface area contributed by atoms with Crippen molar-refractivity contribution >= 4 is 18.0 Å². The van der Waals surface area contributed by atoms with Crippen LogP contribution in [0, 0.1) is 0 Å². The standard InChI is InChI=1S/C15H18N2O4/c1-15(7-2-8-21-15)10-17-14(20)12-5-3-11(9-16-12)4-6-13(18)19/h3-6,9H,2,7-8,10H2,1H3,(H,17,20)(H,18,19)/b6-4+. The van der Waals surface area contributed by atoms with Crippen molar-refractivity contribution in [2.75, 3.05) is 13.2 Å². The second-order valence-electron chi connectivity index (χ2n) is 5.23. The van der Waals surface area contributed by atoms with Gasteiger partial charge in [0.15, 0.2) is 0 Å². The molecule has 0 radical (unpaired) electrons. The molecule has 1 aliphatic heterocycles. The number of hydrogen-bond acceptors (Lipinski definition) is 4. The summed E-state index contributed by atoms with van der Waals surface area (Å²) in [5.41, 5.74) is 0.629. The van der Waals surface area contributed by atoms with Gasteiger partial charge >= 0.3 is 5.97 Å². The zero-order valence-electron chi connectivity index (χ0n) is 11.8. The number of carbonyl (C=O) groups excluding carboxylic acids is 1. The lowest BCUT2D eigenvalue weighted by molar-refractivity contribution is -0.131. The Kier molecular flexibility index (Phi) is 4.70. The van der Waals surface area contributed by atoms with Crippen LogP contribution in [0.15, 0.2) is 24.4 Å². The lowest BCUT2D eigenvalue weighted by Crippen LogP contribution is -2.40. The molecule has 1 aromatic rings. The second-order valence-corrected chi connectivity index (χ2v) is 5.23. The molecule has 1 saturated heterocycles. The first-order valence-electron chi connectivity index (χ1n) is 6.78. The fourth-order valence-corrected chi connectivity index (χ4v) is 2.14. The van der Waals surface area contributed by atoms with Crippen LogP contribution >= 0.6 is 0 Å². The molecule has 6 nitrogen and oxygen atoms in total. The molecule has 0 saturated carbocycles. The number of nitrogens with zero attached hydrogens (tertiary/aromatic N) is 1. The van der Waals surface area contributed by atoms with Gasteiger partial charge in [-0.05, 0) is 37.5 Å². The van der Waals surface area contributed by atoms with E-state index in [-0.39, 0.29) is 11.5 Å². The number of nitrogens with one attached hydrogen (secondary N) is 1. The quantitative estimate of drug-likeness (QED) is 0.802. The van der Waals surface area contributed by atoms with E-state index in [1.165, 1.54) is 12.3 Å². The molecular weight excluding hydrogens is 272 g/mol. The predicted octanol–water partition coefficient (Wildman–Crippen LogP) is 1.48. The summed E-state index contributed by atoms with van der Waals surface area (Å²) in [5.74, 6) is -1.29. The van der Waals surface area contributed by atoms with Crippen LogP contribution in [-0.4, -0.2) is 40.7 Å². The van der Waals surface area contributed by atoms with E-state index in [1.54, 1.807) is 12.1 Å². The first-order chi connectivity index (χ1) is 9.98. The first kappa shape index (κ1) is 15.2. The summed E-state index contributed by atoms with van der Waals surface area (Å²) >= 11 is 0. The molecule has 1 aliphatic rings. The van der Waals surface area contributed by atoms with Crippen LogP contribution in [-0.2, 0) is 9.53 Å². The zero-order valence-corrected chi connectivity index (χ0v) is 11.8. The van der Waals surface area contributed by atoms with Gasteiger partial charge in [-0.1, -0.05) is 6.07 Å². The lowest BCUT2D eigenvalue weighted by Gasteiger charge is -2.23. The van der Waals surface area contributed by atoms with E-state index in [9.17, 15) is 9.59 Å². The minimum Gasteiger partial charge on any atom is -0.478 e. The van der Waals surface area contributed by atoms with E-state index in [1.807, 2.05) is 6.92 Å². The van der Waals surface area contributed by atoms with Crippen molar-refractivity contribution in [2.24, 2.45) is 0 Å². The van der Waals surface area contributed by atoms with Gasteiger partial charge < -0.3 is 15.2 Å². The average Bonchev–Trinajstić information content (AvgIpc) is 2.90. The molecule has 112 valence electrons. The highest BCUT2D eigenvalue weighted by atomic mass is 16.5. The summed E-state index contributed by atoms with van der Waals surface area (Å²) in [7, 11) is 0. The van der Waals surface area contributed by atoms with Gasteiger partial charge in [0, 0.05) is 25.4 Å². The number of ether oxygens (including phenoxy) is 1. The minimum atomic E-state index is -1.03. The number of pyridine rings is 1. The number of carboxylic acids is 1. The van der Waals surface area contributed by atoms with Crippen LogP contribution in [0.3, 0.4) is 0 Å². The van der Waals surface area contributed by atoms with E-state index in [2.05, 4.69) is 10.3 Å². The van der Waals surface area contributed by atoms with Crippen molar-refractivity contribution in [1.29, 1.82) is 0 Å². The normalized spacial score (nSPS) is 21.6. The summed E-state index contributed by atoms with van der Waals surface area (Å²) in [6.07, 6.45) is 5.84. The van der Waals surface area contributed by atoms with Crippen molar-refractivity contribution in [2.45, 2.75) is 25.4 Å². The largest absolute Gasteiger partial charge is 0.478 e. The molecule has 2 heterocycles.